The third-order valence-electron chi connectivity index (χ3n) is 2.80. The van der Waals surface area contributed by atoms with Crippen molar-refractivity contribution in [2.45, 2.75) is 39.8 Å². The molecule has 0 aliphatic rings. The minimum atomic E-state index is 0. The summed E-state index contributed by atoms with van der Waals surface area (Å²) in [6.45, 7) is 7.60. The zero-order chi connectivity index (χ0) is 15.0. The van der Waals surface area contributed by atoms with E-state index in [1.807, 2.05) is 30.3 Å². The second-order valence-electron chi connectivity index (χ2n) is 4.96. The maximum absolute atomic E-state index is 4.57. The van der Waals surface area contributed by atoms with E-state index in [9.17, 15) is 0 Å². The maximum Gasteiger partial charge on any atom is 0.191 e. The largest absolute Gasteiger partial charge is 0.356 e. The summed E-state index contributed by atoms with van der Waals surface area (Å²) in [6.07, 6.45) is 3.25. The van der Waals surface area contributed by atoms with Crippen molar-refractivity contribution >= 4 is 41.7 Å². The van der Waals surface area contributed by atoms with E-state index in [1.54, 1.807) is 0 Å². The second kappa shape index (κ2) is 11.1. The first-order chi connectivity index (χ1) is 9.54. The topological polar surface area (TPSA) is 67.1 Å². The first-order valence-corrected chi connectivity index (χ1v) is 8.32. The number of aromatic nitrogens is 3. The highest BCUT2D eigenvalue weighted by Gasteiger charge is 2.05. The van der Waals surface area contributed by atoms with Crippen molar-refractivity contribution in [3.8, 4) is 0 Å². The molecule has 0 amide bonds. The van der Waals surface area contributed by atoms with Gasteiger partial charge >= 0.3 is 0 Å². The summed E-state index contributed by atoms with van der Waals surface area (Å²) < 4.78 is 1.96. The summed E-state index contributed by atoms with van der Waals surface area (Å²) >= 11 is 1.86. The first kappa shape index (κ1) is 20.5. The Morgan fingerprint density at radius 2 is 2.10 bits per heavy atom. The van der Waals surface area contributed by atoms with Gasteiger partial charge in [-0.05, 0) is 39.2 Å². The lowest BCUT2D eigenvalue weighted by atomic mass is 10.4. The molecule has 122 valence electrons. The third-order valence-corrected chi connectivity index (χ3v) is 3.50. The molecule has 0 aliphatic carbocycles. The van der Waals surface area contributed by atoms with Crippen LogP contribution in [0.15, 0.2) is 4.99 Å². The summed E-state index contributed by atoms with van der Waals surface area (Å²) in [4.78, 5) is 4.57. The van der Waals surface area contributed by atoms with Crippen LogP contribution in [0.1, 0.15) is 31.9 Å². The van der Waals surface area contributed by atoms with Crippen molar-refractivity contribution in [2.24, 2.45) is 12.0 Å². The number of thioether (sulfide) groups is 1. The number of aliphatic imine (C=N–C) groups is 1. The molecule has 0 saturated heterocycles. The van der Waals surface area contributed by atoms with E-state index in [0.717, 1.165) is 36.3 Å². The zero-order valence-electron chi connectivity index (χ0n) is 13.5. The molecule has 6 nitrogen and oxygen atoms in total. The number of nitrogens with zero attached hydrogens (tertiary/aromatic N) is 4. The lowest BCUT2D eigenvalue weighted by Gasteiger charge is -2.15. The van der Waals surface area contributed by atoms with E-state index >= 15 is 0 Å². The predicted octanol–water partition coefficient (Wildman–Crippen LogP) is 1.94. The molecule has 8 heteroatoms. The molecule has 0 bridgehead atoms. The van der Waals surface area contributed by atoms with Crippen LogP contribution in [0.5, 0.6) is 0 Å². The van der Waals surface area contributed by atoms with Crippen molar-refractivity contribution in [3.05, 3.63) is 11.6 Å². The molecule has 1 heterocycles. The molecular weight excluding hydrogens is 399 g/mol. The molecule has 2 N–H and O–H groups in total. The van der Waals surface area contributed by atoms with Gasteiger partial charge in [-0.15, -0.1) is 34.2 Å². The number of hydrogen-bond donors (Lipinski definition) is 2. The van der Waals surface area contributed by atoms with Crippen molar-refractivity contribution in [1.29, 1.82) is 0 Å². The summed E-state index contributed by atoms with van der Waals surface area (Å²) in [7, 11) is 1.96. The lowest BCUT2D eigenvalue weighted by molar-refractivity contribution is 0.685. The van der Waals surface area contributed by atoms with Crippen LogP contribution in [0.4, 0.5) is 0 Å². The number of guanidine groups is 1. The van der Waals surface area contributed by atoms with E-state index in [4.69, 9.17) is 0 Å². The molecule has 0 unspecified atom stereocenters. The van der Waals surface area contributed by atoms with Crippen molar-refractivity contribution in [2.75, 3.05) is 18.6 Å². The van der Waals surface area contributed by atoms with Crippen LogP contribution < -0.4 is 10.6 Å². The number of nitrogens with one attached hydrogen (secondary N) is 2. The average molecular weight is 426 g/mol. The van der Waals surface area contributed by atoms with Crippen molar-refractivity contribution < 1.29 is 0 Å². The van der Waals surface area contributed by atoms with Gasteiger partial charge in [-0.2, -0.15) is 11.8 Å². The predicted molar refractivity (Wildman–Crippen MR) is 102 cm³/mol. The molecule has 1 aromatic heterocycles. The molecule has 0 spiro atoms. The fourth-order valence-electron chi connectivity index (χ4n) is 1.59. The number of hydrogen-bond acceptors (Lipinski definition) is 4. The Morgan fingerprint density at radius 1 is 1.38 bits per heavy atom. The van der Waals surface area contributed by atoms with Gasteiger partial charge in [0.1, 0.15) is 12.4 Å². The lowest BCUT2D eigenvalue weighted by Crippen LogP contribution is -2.41. The van der Waals surface area contributed by atoms with Gasteiger partial charge in [0.2, 0.25) is 0 Å². The summed E-state index contributed by atoms with van der Waals surface area (Å²) in [5.41, 5.74) is 0. The van der Waals surface area contributed by atoms with E-state index < -0.39 is 0 Å². The number of halogens is 1. The highest BCUT2D eigenvalue weighted by atomic mass is 127. The second-order valence-corrected chi connectivity index (χ2v) is 5.95. The Balaban J connectivity index is 0.00000400. The molecular formula is C13H27IN6S. The van der Waals surface area contributed by atoms with Gasteiger partial charge in [-0.3, -0.25) is 0 Å². The first-order valence-electron chi connectivity index (χ1n) is 6.93. The summed E-state index contributed by atoms with van der Waals surface area (Å²) in [5, 5.41) is 14.8. The van der Waals surface area contributed by atoms with Gasteiger partial charge in [0.25, 0.3) is 0 Å². The molecule has 0 saturated carbocycles. The van der Waals surface area contributed by atoms with Gasteiger partial charge in [-0.25, -0.2) is 4.99 Å². The molecule has 21 heavy (non-hydrogen) atoms. The Kier molecular flexibility index (Phi) is 10.8. The minimum absolute atomic E-state index is 0. The van der Waals surface area contributed by atoms with E-state index in [-0.39, 0.29) is 24.0 Å². The van der Waals surface area contributed by atoms with E-state index in [1.165, 1.54) is 0 Å². The van der Waals surface area contributed by atoms with Crippen LogP contribution in [-0.2, 0) is 13.6 Å². The maximum atomic E-state index is 4.57. The fourth-order valence-corrected chi connectivity index (χ4v) is 2.02. The Labute approximate surface area is 149 Å². The standard InChI is InChI=1S/C13H26N6S.HI/c1-10(2)16-13(14-7-6-8-20-5)15-9-12-18-17-11(3)19(12)4;/h10H,6-9H2,1-5H3,(H2,14,15,16);1H. The molecule has 0 atom stereocenters. The molecule has 0 aliphatic heterocycles. The van der Waals surface area contributed by atoms with E-state index in [2.05, 4.69) is 45.9 Å². The van der Waals surface area contributed by atoms with Gasteiger partial charge in [-0.1, -0.05) is 0 Å². The highest BCUT2D eigenvalue weighted by Crippen LogP contribution is 1.99. The SMILES string of the molecule is CSCCCNC(=NCc1nnc(C)n1C)NC(C)C.I. The van der Waals surface area contributed by atoms with Crippen molar-refractivity contribution in [1.82, 2.24) is 25.4 Å². The number of aryl methyl sites for hydroxylation is 1. The monoisotopic (exact) mass is 426 g/mol. The molecule has 1 aromatic rings. The van der Waals surface area contributed by atoms with Crippen molar-refractivity contribution in [3.63, 3.8) is 0 Å². The Hall–Kier alpha value is -0.510. The molecule has 1 rings (SSSR count). The van der Waals surface area contributed by atoms with Crippen LogP contribution in [0.2, 0.25) is 0 Å². The Morgan fingerprint density at radius 3 is 2.62 bits per heavy atom. The van der Waals surface area contributed by atoms with Gasteiger partial charge in [0, 0.05) is 19.6 Å². The summed E-state index contributed by atoms with van der Waals surface area (Å²) in [6, 6.07) is 0.350. The average Bonchev–Trinajstić information content (AvgIpc) is 2.71. The van der Waals surface area contributed by atoms with Crippen LogP contribution in [0.25, 0.3) is 0 Å². The van der Waals surface area contributed by atoms with E-state index in [0.29, 0.717) is 12.6 Å². The van der Waals surface area contributed by atoms with Gasteiger partial charge < -0.3 is 15.2 Å². The molecule has 0 radical (unpaired) electrons. The summed E-state index contributed by atoms with van der Waals surface area (Å²) in [5.74, 6) is 3.77. The minimum Gasteiger partial charge on any atom is -0.356 e. The quantitative estimate of drug-likeness (QED) is 0.302. The number of rotatable bonds is 7. The van der Waals surface area contributed by atoms with Gasteiger partial charge in [0.05, 0.1) is 0 Å². The third kappa shape index (κ3) is 7.89. The smallest absolute Gasteiger partial charge is 0.191 e. The molecule has 0 fully saturated rings. The Bertz CT molecular complexity index is 432. The molecule has 0 aromatic carbocycles. The van der Waals surface area contributed by atoms with Crippen LogP contribution >= 0.6 is 35.7 Å². The zero-order valence-corrected chi connectivity index (χ0v) is 16.7. The normalized spacial score (nSPS) is 11.4. The van der Waals surface area contributed by atoms with Gasteiger partial charge in [0.15, 0.2) is 11.8 Å². The highest BCUT2D eigenvalue weighted by molar-refractivity contribution is 14.0. The fraction of sp³-hybridized carbons (Fsp3) is 0.769. The van der Waals surface area contributed by atoms with Crippen LogP contribution in [0.3, 0.4) is 0 Å². The van der Waals surface area contributed by atoms with Crippen LogP contribution in [-0.4, -0.2) is 45.3 Å². The van der Waals surface area contributed by atoms with Crippen LogP contribution in [0, 0.1) is 6.92 Å².